The van der Waals surface area contributed by atoms with Gasteiger partial charge in [0.15, 0.2) is 5.50 Å². The molecule has 4 nitrogen and oxygen atoms in total. The minimum atomic E-state index is -0.193. The number of carbonyl (C=O) groups excluding carboxylic acids is 1. The van der Waals surface area contributed by atoms with Crippen LogP contribution in [0.25, 0.3) is 6.08 Å². The number of hydrogen-bond donors (Lipinski definition) is 3. The second-order valence-electron chi connectivity index (χ2n) is 5.51. The first kappa shape index (κ1) is 18.8. The number of aromatic hydroxyl groups is 1. The van der Waals surface area contributed by atoms with E-state index in [4.69, 9.17) is 0 Å². The molecule has 2 aromatic carbocycles. The van der Waals surface area contributed by atoms with Gasteiger partial charge in [-0.05, 0) is 93.1 Å². The van der Waals surface area contributed by atoms with E-state index in [2.05, 4.69) is 74.9 Å². The van der Waals surface area contributed by atoms with Crippen LogP contribution in [-0.2, 0) is 11.2 Å². The molecule has 1 amide bonds. The van der Waals surface area contributed by atoms with E-state index in [1.807, 2.05) is 30.3 Å². The molecule has 25 heavy (non-hydrogen) atoms. The van der Waals surface area contributed by atoms with Gasteiger partial charge in [-0.1, -0.05) is 30.8 Å². The van der Waals surface area contributed by atoms with Crippen LogP contribution in [-0.4, -0.2) is 16.5 Å². The van der Waals surface area contributed by atoms with Crippen molar-refractivity contribution in [3.8, 4) is 5.75 Å². The lowest BCUT2D eigenvalue weighted by molar-refractivity contribution is -0.116. The van der Waals surface area contributed by atoms with Gasteiger partial charge in [-0.15, -0.1) is 0 Å². The molecule has 7 heteroatoms. The first-order chi connectivity index (χ1) is 12.0. The zero-order valence-corrected chi connectivity index (χ0v) is 18.5. The number of amides is 1. The molecule has 0 spiro atoms. The topological polar surface area (TPSA) is 61.4 Å². The Morgan fingerprint density at radius 1 is 1.24 bits per heavy atom. The van der Waals surface area contributed by atoms with Crippen molar-refractivity contribution >= 4 is 74.6 Å². The fourth-order valence-corrected chi connectivity index (χ4v) is 5.17. The first-order valence-corrected chi connectivity index (χ1v) is 10.7. The van der Waals surface area contributed by atoms with E-state index in [1.54, 1.807) is 0 Å². The molecule has 3 N–H and O–H groups in total. The van der Waals surface area contributed by atoms with Gasteiger partial charge in [-0.3, -0.25) is 4.79 Å². The molecule has 2 aromatic rings. The van der Waals surface area contributed by atoms with E-state index >= 15 is 0 Å². The summed E-state index contributed by atoms with van der Waals surface area (Å²) < 4.78 is 1.54. The van der Waals surface area contributed by atoms with Crippen molar-refractivity contribution in [2.45, 2.75) is 18.8 Å². The molecule has 1 heterocycles. The minimum Gasteiger partial charge on any atom is -0.506 e. The minimum absolute atomic E-state index is 0.0919. The highest BCUT2D eigenvalue weighted by Gasteiger charge is 2.27. The van der Waals surface area contributed by atoms with Crippen LogP contribution in [0.15, 0.2) is 41.3 Å². The molecule has 0 bridgehead atoms. The second kappa shape index (κ2) is 8.17. The molecule has 0 aliphatic carbocycles. The summed E-state index contributed by atoms with van der Waals surface area (Å²) in [5.74, 6) is 0.188. The molecule has 1 aliphatic heterocycles. The molecule has 1 saturated heterocycles. The SMILES string of the molecule is CCc1ccc(N[C@@H]2NC(=O)/C(=C/c3cc(I)c(O)c(I)c3)S2)cc1. The highest BCUT2D eigenvalue weighted by atomic mass is 127. The molecular formula is C18H16I2N2O2S. The normalized spacial score (nSPS) is 18.4. The highest BCUT2D eigenvalue weighted by Crippen LogP contribution is 2.33. The number of phenolic OH excluding ortho intramolecular Hbond substituents is 1. The summed E-state index contributed by atoms with van der Waals surface area (Å²) in [4.78, 5) is 12.9. The summed E-state index contributed by atoms with van der Waals surface area (Å²) >= 11 is 5.63. The van der Waals surface area contributed by atoms with Gasteiger partial charge in [-0.25, -0.2) is 0 Å². The zero-order chi connectivity index (χ0) is 18.0. The van der Waals surface area contributed by atoms with E-state index in [0.717, 1.165) is 24.8 Å². The number of rotatable bonds is 4. The summed E-state index contributed by atoms with van der Waals surface area (Å²) in [7, 11) is 0. The van der Waals surface area contributed by atoms with Crippen molar-refractivity contribution in [3.05, 3.63) is 59.6 Å². The lowest BCUT2D eigenvalue weighted by Crippen LogP contribution is -2.30. The van der Waals surface area contributed by atoms with Gasteiger partial charge >= 0.3 is 0 Å². The maximum atomic E-state index is 12.2. The fraction of sp³-hybridized carbons (Fsp3) is 0.167. The number of hydrogen-bond acceptors (Lipinski definition) is 4. The lowest BCUT2D eigenvalue weighted by Gasteiger charge is -2.12. The van der Waals surface area contributed by atoms with E-state index < -0.39 is 0 Å². The number of thioether (sulfide) groups is 1. The molecule has 1 atom stereocenters. The third-order valence-corrected chi connectivity index (χ3v) is 6.40. The number of halogens is 2. The number of benzene rings is 2. The van der Waals surface area contributed by atoms with Gasteiger partial charge in [0.1, 0.15) is 5.75 Å². The predicted octanol–water partition coefficient (Wildman–Crippen LogP) is 4.76. The monoisotopic (exact) mass is 578 g/mol. The number of phenols is 1. The maximum absolute atomic E-state index is 12.2. The van der Waals surface area contributed by atoms with E-state index in [1.165, 1.54) is 17.3 Å². The zero-order valence-electron chi connectivity index (χ0n) is 13.3. The van der Waals surface area contributed by atoms with Gasteiger partial charge in [0.25, 0.3) is 5.91 Å². The molecule has 1 aliphatic rings. The summed E-state index contributed by atoms with van der Waals surface area (Å²) in [6, 6.07) is 11.9. The van der Waals surface area contributed by atoms with Crippen LogP contribution < -0.4 is 10.6 Å². The molecule has 0 radical (unpaired) electrons. The van der Waals surface area contributed by atoms with Crippen molar-refractivity contribution < 1.29 is 9.90 Å². The van der Waals surface area contributed by atoms with Crippen LogP contribution in [0.2, 0.25) is 0 Å². The van der Waals surface area contributed by atoms with Gasteiger partial charge in [-0.2, -0.15) is 0 Å². The molecule has 0 saturated carbocycles. The second-order valence-corrected chi connectivity index (χ2v) is 8.98. The Bertz CT molecular complexity index is 814. The average molecular weight is 578 g/mol. The average Bonchev–Trinajstić information content (AvgIpc) is 2.92. The Balaban J connectivity index is 1.73. The highest BCUT2D eigenvalue weighted by molar-refractivity contribution is 14.1. The molecule has 1 fully saturated rings. The van der Waals surface area contributed by atoms with Gasteiger partial charge < -0.3 is 15.7 Å². The number of carbonyl (C=O) groups is 1. The molecule has 0 aromatic heterocycles. The Labute approximate surface area is 178 Å². The fourth-order valence-electron chi connectivity index (χ4n) is 2.37. The largest absolute Gasteiger partial charge is 0.506 e. The van der Waals surface area contributed by atoms with Crippen LogP contribution in [0, 0.1) is 7.14 Å². The smallest absolute Gasteiger partial charge is 0.260 e. The van der Waals surface area contributed by atoms with Crippen LogP contribution >= 0.6 is 56.9 Å². The first-order valence-electron chi connectivity index (χ1n) is 7.69. The summed E-state index contributed by atoms with van der Waals surface area (Å²) in [6.45, 7) is 2.12. The third kappa shape index (κ3) is 4.62. The Hall–Kier alpha value is -0.940. The van der Waals surface area contributed by atoms with Crippen molar-refractivity contribution in [2.24, 2.45) is 0 Å². The van der Waals surface area contributed by atoms with Crippen molar-refractivity contribution in [2.75, 3.05) is 5.32 Å². The summed E-state index contributed by atoms with van der Waals surface area (Å²) in [5.41, 5.74) is 2.97. The summed E-state index contributed by atoms with van der Waals surface area (Å²) in [5, 5.41) is 16.1. The predicted molar refractivity (Wildman–Crippen MR) is 120 cm³/mol. The lowest BCUT2D eigenvalue weighted by atomic mass is 10.1. The quantitative estimate of drug-likeness (QED) is 0.362. The molecule has 0 unspecified atom stereocenters. The Morgan fingerprint density at radius 3 is 2.48 bits per heavy atom. The van der Waals surface area contributed by atoms with Crippen molar-refractivity contribution in [1.29, 1.82) is 0 Å². The standard InChI is InChI=1S/C18H16I2N2O2S/c1-2-10-3-5-12(6-4-10)21-18-22-17(24)15(25-18)9-11-7-13(19)16(23)14(20)8-11/h3-9,18,21,23H,2H2,1H3,(H,22,24)/b15-9-/t18-/m1/s1. The van der Waals surface area contributed by atoms with E-state index in [0.29, 0.717) is 4.91 Å². The molecular weight excluding hydrogens is 562 g/mol. The van der Waals surface area contributed by atoms with Gasteiger partial charge in [0, 0.05) is 5.69 Å². The number of anilines is 1. The van der Waals surface area contributed by atoms with Gasteiger partial charge in [0.2, 0.25) is 0 Å². The van der Waals surface area contributed by atoms with Crippen LogP contribution in [0.5, 0.6) is 5.75 Å². The van der Waals surface area contributed by atoms with Crippen molar-refractivity contribution in [1.82, 2.24) is 5.32 Å². The maximum Gasteiger partial charge on any atom is 0.260 e. The molecule has 130 valence electrons. The Kier molecular flexibility index (Phi) is 6.16. The van der Waals surface area contributed by atoms with Gasteiger partial charge in [0.05, 0.1) is 12.0 Å². The summed E-state index contributed by atoms with van der Waals surface area (Å²) in [6.07, 6.45) is 2.86. The molecule has 3 rings (SSSR count). The van der Waals surface area contributed by atoms with Crippen molar-refractivity contribution in [3.63, 3.8) is 0 Å². The van der Waals surface area contributed by atoms with E-state index in [9.17, 15) is 9.90 Å². The van der Waals surface area contributed by atoms with Crippen LogP contribution in [0.4, 0.5) is 5.69 Å². The third-order valence-electron chi connectivity index (χ3n) is 3.73. The Morgan fingerprint density at radius 2 is 1.88 bits per heavy atom. The van der Waals surface area contributed by atoms with E-state index in [-0.39, 0.29) is 17.2 Å². The number of aryl methyl sites for hydroxylation is 1. The van der Waals surface area contributed by atoms with Crippen LogP contribution in [0.3, 0.4) is 0 Å². The number of nitrogens with one attached hydrogen (secondary N) is 2. The van der Waals surface area contributed by atoms with Crippen LogP contribution in [0.1, 0.15) is 18.1 Å².